The van der Waals surface area contributed by atoms with Gasteiger partial charge in [-0.2, -0.15) is 13.2 Å². The van der Waals surface area contributed by atoms with Crippen LogP contribution in [0.15, 0.2) is 66.7 Å². The molecule has 2 aromatic rings. The van der Waals surface area contributed by atoms with Crippen molar-refractivity contribution in [1.82, 2.24) is 0 Å². The second-order valence-electron chi connectivity index (χ2n) is 5.18. The highest BCUT2D eigenvalue weighted by Crippen LogP contribution is 2.32. The van der Waals surface area contributed by atoms with Gasteiger partial charge in [-0.25, -0.2) is 4.79 Å². The molecular weight excluding hydrogens is 401 g/mol. The van der Waals surface area contributed by atoms with Crippen LogP contribution in [0.2, 0.25) is 0 Å². The van der Waals surface area contributed by atoms with Gasteiger partial charge in [0.2, 0.25) is 0 Å². The van der Waals surface area contributed by atoms with E-state index in [4.69, 9.17) is 9.47 Å². The number of alkyl halides is 4. The molecule has 0 aliphatic carbocycles. The second-order valence-corrected chi connectivity index (χ2v) is 6.75. The third-order valence-corrected chi connectivity index (χ3v) is 3.40. The van der Waals surface area contributed by atoms with E-state index in [0.29, 0.717) is 5.75 Å². The molecule has 0 fully saturated rings. The maximum absolute atomic E-state index is 12.5. The molecule has 0 saturated carbocycles. The molecular formula is C18H14BrF3O3. The standard InChI is InChI=1S/C18H14BrF3O3/c1-17(19,12-11-16(23)24-14-5-3-2-4-6-14)25-15-9-7-13(8-10-15)18(20,21)22/h2-12H,1H3. The van der Waals surface area contributed by atoms with E-state index in [1.165, 1.54) is 24.3 Å². The van der Waals surface area contributed by atoms with Crippen molar-refractivity contribution in [1.29, 1.82) is 0 Å². The Labute approximate surface area is 151 Å². The summed E-state index contributed by atoms with van der Waals surface area (Å²) in [4.78, 5) is 11.8. The third-order valence-electron chi connectivity index (χ3n) is 2.98. The number of hydrogen-bond acceptors (Lipinski definition) is 3. The highest BCUT2D eigenvalue weighted by Gasteiger charge is 2.30. The zero-order chi connectivity index (χ0) is 18.5. The first-order valence-corrected chi connectivity index (χ1v) is 7.96. The smallest absolute Gasteiger partial charge is 0.416 e. The average Bonchev–Trinajstić information content (AvgIpc) is 2.53. The fraction of sp³-hybridized carbons (Fsp3) is 0.167. The number of esters is 1. The maximum Gasteiger partial charge on any atom is 0.416 e. The molecule has 2 rings (SSSR count). The lowest BCUT2D eigenvalue weighted by atomic mass is 10.2. The van der Waals surface area contributed by atoms with Gasteiger partial charge in [-0.05, 0) is 65.3 Å². The van der Waals surface area contributed by atoms with Crippen LogP contribution in [0.25, 0.3) is 0 Å². The lowest BCUT2D eigenvalue weighted by Crippen LogP contribution is -2.22. The van der Waals surface area contributed by atoms with Crippen molar-refractivity contribution >= 4 is 21.9 Å². The normalized spacial score (nSPS) is 14.1. The molecule has 0 spiro atoms. The summed E-state index contributed by atoms with van der Waals surface area (Å²) >= 11 is 3.25. The number of para-hydroxylation sites is 1. The molecule has 132 valence electrons. The van der Waals surface area contributed by atoms with E-state index >= 15 is 0 Å². The zero-order valence-corrected chi connectivity index (χ0v) is 14.7. The monoisotopic (exact) mass is 414 g/mol. The Hall–Kier alpha value is -2.28. The number of carbonyl (C=O) groups excluding carboxylic acids is 1. The Kier molecular flexibility index (Phi) is 5.89. The van der Waals surface area contributed by atoms with Crippen LogP contribution in [0.1, 0.15) is 12.5 Å². The summed E-state index contributed by atoms with van der Waals surface area (Å²) < 4.78 is 47.1. The minimum atomic E-state index is -4.41. The van der Waals surface area contributed by atoms with Crippen molar-refractivity contribution in [3.05, 3.63) is 72.3 Å². The van der Waals surface area contributed by atoms with Gasteiger partial charge >= 0.3 is 12.1 Å². The van der Waals surface area contributed by atoms with E-state index in [2.05, 4.69) is 15.9 Å². The van der Waals surface area contributed by atoms with Crippen LogP contribution < -0.4 is 9.47 Å². The van der Waals surface area contributed by atoms with E-state index in [0.717, 1.165) is 12.1 Å². The summed E-state index contributed by atoms with van der Waals surface area (Å²) in [5.41, 5.74) is -0.766. The highest BCUT2D eigenvalue weighted by molar-refractivity contribution is 9.10. The van der Waals surface area contributed by atoms with Crippen LogP contribution in [0.5, 0.6) is 11.5 Å². The van der Waals surface area contributed by atoms with Gasteiger partial charge in [0, 0.05) is 6.08 Å². The highest BCUT2D eigenvalue weighted by atomic mass is 79.9. The SMILES string of the molecule is CC(Br)(C=CC(=O)Oc1ccccc1)Oc1ccc(C(F)(F)F)cc1. The van der Waals surface area contributed by atoms with Crippen LogP contribution in [-0.2, 0) is 11.0 Å². The molecule has 25 heavy (non-hydrogen) atoms. The Morgan fingerprint density at radius 2 is 1.60 bits per heavy atom. The summed E-state index contributed by atoms with van der Waals surface area (Å²) in [7, 11) is 0. The molecule has 0 aliphatic rings. The van der Waals surface area contributed by atoms with Gasteiger partial charge in [-0.3, -0.25) is 0 Å². The first-order chi connectivity index (χ1) is 11.7. The first kappa shape index (κ1) is 19.1. The van der Waals surface area contributed by atoms with Crippen molar-refractivity contribution in [2.45, 2.75) is 17.6 Å². The molecule has 1 atom stereocenters. The summed E-state index contributed by atoms with van der Waals surface area (Å²) in [6.07, 6.45) is -1.83. The van der Waals surface area contributed by atoms with Gasteiger partial charge in [0.1, 0.15) is 11.5 Å². The summed E-state index contributed by atoms with van der Waals surface area (Å²) in [5.74, 6) is 0.0124. The Balaban J connectivity index is 1.97. The summed E-state index contributed by atoms with van der Waals surface area (Å²) in [5, 5.41) is 0. The molecule has 2 aromatic carbocycles. The molecule has 0 amide bonds. The first-order valence-electron chi connectivity index (χ1n) is 7.17. The molecule has 1 unspecified atom stereocenters. The molecule has 3 nitrogen and oxygen atoms in total. The molecule has 0 aromatic heterocycles. The van der Waals surface area contributed by atoms with E-state index < -0.39 is 22.2 Å². The lowest BCUT2D eigenvalue weighted by Gasteiger charge is -2.21. The third kappa shape index (κ3) is 6.26. The molecule has 0 bridgehead atoms. The molecule has 0 aliphatic heterocycles. The fourth-order valence-corrected chi connectivity index (χ4v) is 2.15. The summed E-state index contributed by atoms with van der Waals surface area (Å²) in [6, 6.07) is 12.8. The van der Waals surface area contributed by atoms with Crippen LogP contribution >= 0.6 is 15.9 Å². The largest absolute Gasteiger partial charge is 0.473 e. The van der Waals surface area contributed by atoms with Gasteiger partial charge in [0.25, 0.3) is 0 Å². The minimum Gasteiger partial charge on any atom is -0.473 e. The number of halogens is 4. The lowest BCUT2D eigenvalue weighted by molar-refractivity contribution is -0.137. The van der Waals surface area contributed by atoms with Crippen molar-refractivity contribution in [2.75, 3.05) is 0 Å². The topological polar surface area (TPSA) is 35.5 Å². The quantitative estimate of drug-likeness (QED) is 0.286. The molecule has 7 heteroatoms. The van der Waals surface area contributed by atoms with Gasteiger partial charge in [0.15, 0.2) is 4.51 Å². The predicted octanol–water partition coefficient (Wildman–Crippen LogP) is 5.36. The molecule has 0 heterocycles. The number of ether oxygens (including phenoxy) is 2. The van der Waals surface area contributed by atoms with Gasteiger partial charge < -0.3 is 9.47 Å². The second kappa shape index (κ2) is 7.74. The van der Waals surface area contributed by atoms with E-state index in [1.54, 1.807) is 37.3 Å². The van der Waals surface area contributed by atoms with Gasteiger partial charge in [0.05, 0.1) is 5.56 Å². The Bertz CT molecular complexity index is 738. The molecule has 0 radical (unpaired) electrons. The molecule has 0 N–H and O–H groups in total. The Morgan fingerprint density at radius 3 is 2.16 bits per heavy atom. The molecule has 0 saturated heterocycles. The van der Waals surface area contributed by atoms with E-state index in [-0.39, 0.29) is 5.75 Å². The van der Waals surface area contributed by atoms with Gasteiger partial charge in [-0.1, -0.05) is 18.2 Å². The minimum absolute atomic E-state index is 0.216. The number of benzene rings is 2. The summed E-state index contributed by atoms with van der Waals surface area (Å²) in [6.45, 7) is 1.59. The van der Waals surface area contributed by atoms with E-state index in [9.17, 15) is 18.0 Å². The Morgan fingerprint density at radius 1 is 1.00 bits per heavy atom. The van der Waals surface area contributed by atoms with Crippen molar-refractivity contribution in [2.24, 2.45) is 0 Å². The predicted molar refractivity (Wildman–Crippen MR) is 90.6 cm³/mol. The van der Waals surface area contributed by atoms with E-state index in [1.807, 2.05) is 0 Å². The fourth-order valence-electron chi connectivity index (χ4n) is 1.83. The van der Waals surface area contributed by atoms with Gasteiger partial charge in [-0.15, -0.1) is 0 Å². The number of rotatable bonds is 5. The van der Waals surface area contributed by atoms with Crippen molar-refractivity contribution in [3.63, 3.8) is 0 Å². The number of hydrogen-bond donors (Lipinski definition) is 0. The van der Waals surface area contributed by atoms with Crippen LogP contribution in [0.4, 0.5) is 13.2 Å². The number of carbonyl (C=O) groups is 1. The van der Waals surface area contributed by atoms with Crippen LogP contribution in [0, 0.1) is 0 Å². The van der Waals surface area contributed by atoms with Crippen LogP contribution in [-0.4, -0.2) is 10.5 Å². The van der Waals surface area contributed by atoms with Crippen molar-refractivity contribution < 1.29 is 27.4 Å². The van der Waals surface area contributed by atoms with Crippen LogP contribution in [0.3, 0.4) is 0 Å². The zero-order valence-electron chi connectivity index (χ0n) is 13.1. The average molecular weight is 415 g/mol. The maximum atomic E-state index is 12.5. The van der Waals surface area contributed by atoms with Crippen molar-refractivity contribution in [3.8, 4) is 11.5 Å².